The van der Waals surface area contributed by atoms with E-state index in [9.17, 15) is 10.2 Å². The van der Waals surface area contributed by atoms with Crippen molar-refractivity contribution >= 4 is 8.32 Å². The molecule has 2 aliphatic rings. The molecular formula is C15H30O4Si. The Morgan fingerprint density at radius 2 is 2.00 bits per heavy atom. The Bertz CT molecular complexity index is 303. The van der Waals surface area contributed by atoms with E-state index in [0.717, 1.165) is 38.7 Å². The molecule has 0 aromatic heterocycles. The predicted octanol–water partition coefficient (Wildman–Crippen LogP) is 2.30. The van der Waals surface area contributed by atoms with Crippen LogP contribution < -0.4 is 0 Å². The second kappa shape index (κ2) is 6.88. The van der Waals surface area contributed by atoms with Gasteiger partial charge in [-0.25, -0.2) is 0 Å². The molecule has 5 heteroatoms. The van der Waals surface area contributed by atoms with Gasteiger partial charge >= 0.3 is 0 Å². The first kappa shape index (κ1) is 16.4. The fourth-order valence-electron chi connectivity index (χ4n) is 3.11. The van der Waals surface area contributed by atoms with Crippen LogP contribution in [0.1, 0.15) is 38.5 Å². The van der Waals surface area contributed by atoms with Crippen molar-refractivity contribution in [1.29, 1.82) is 0 Å². The van der Waals surface area contributed by atoms with Crippen molar-refractivity contribution in [2.45, 2.75) is 82.6 Å². The Morgan fingerprint density at radius 1 is 1.25 bits per heavy atom. The third-order valence-corrected chi connectivity index (χ3v) is 5.34. The van der Waals surface area contributed by atoms with Crippen molar-refractivity contribution in [3.05, 3.63) is 0 Å². The average molecular weight is 302 g/mol. The highest BCUT2D eigenvalue weighted by Crippen LogP contribution is 2.45. The number of aliphatic hydroxyl groups is 2. The SMILES string of the molecule is C[Si](C)(C)OCCCCCC(O)CC1C(O)CC2OC21. The van der Waals surface area contributed by atoms with Gasteiger partial charge in [-0.2, -0.15) is 0 Å². The summed E-state index contributed by atoms with van der Waals surface area (Å²) in [6.07, 6.45) is 5.44. The number of hydrogen-bond acceptors (Lipinski definition) is 4. The van der Waals surface area contributed by atoms with Crippen molar-refractivity contribution < 1.29 is 19.4 Å². The average Bonchev–Trinajstić information content (AvgIpc) is 3.01. The number of hydrogen-bond donors (Lipinski definition) is 2. The van der Waals surface area contributed by atoms with E-state index in [1.165, 1.54) is 0 Å². The van der Waals surface area contributed by atoms with E-state index in [0.29, 0.717) is 6.42 Å². The Morgan fingerprint density at radius 3 is 2.60 bits per heavy atom. The lowest BCUT2D eigenvalue weighted by Gasteiger charge is -2.20. The largest absolute Gasteiger partial charge is 0.418 e. The fraction of sp³-hybridized carbons (Fsp3) is 1.00. The molecule has 2 fully saturated rings. The van der Waals surface area contributed by atoms with E-state index in [1.807, 2.05) is 0 Å². The highest BCUT2D eigenvalue weighted by atomic mass is 28.4. The number of ether oxygens (including phenoxy) is 1. The monoisotopic (exact) mass is 302 g/mol. The minimum absolute atomic E-state index is 0.158. The second-order valence-corrected chi connectivity index (χ2v) is 11.8. The molecule has 1 aliphatic heterocycles. The summed E-state index contributed by atoms with van der Waals surface area (Å²) >= 11 is 0. The van der Waals surface area contributed by atoms with Crippen LogP contribution in [0.4, 0.5) is 0 Å². The third kappa shape index (κ3) is 5.11. The maximum absolute atomic E-state index is 10.1. The van der Waals surface area contributed by atoms with Crippen LogP contribution >= 0.6 is 0 Å². The molecule has 118 valence electrons. The van der Waals surface area contributed by atoms with Crippen LogP contribution in [0.3, 0.4) is 0 Å². The summed E-state index contributed by atoms with van der Waals surface area (Å²) in [4.78, 5) is 0. The summed E-state index contributed by atoms with van der Waals surface area (Å²) in [5, 5.41) is 19.9. The van der Waals surface area contributed by atoms with Gasteiger partial charge in [-0.05, 0) is 38.9 Å². The summed E-state index contributed by atoms with van der Waals surface area (Å²) in [6, 6.07) is 0. The van der Waals surface area contributed by atoms with E-state index in [2.05, 4.69) is 19.6 Å². The number of epoxide rings is 1. The molecule has 0 radical (unpaired) electrons. The Kier molecular flexibility index (Phi) is 5.65. The molecule has 1 saturated carbocycles. The third-order valence-electron chi connectivity index (χ3n) is 4.27. The Hall–Kier alpha value is 0.0569. The number of fused-ring (bicyclic) bond motifs is 1. The van der Waals surface area contributed by atoms with Gasteiger partial charge in [0.1, 0.15) is 0 Å². The molecule has 0 bridgehead atoms. The van der Waals surface area contributed by atoms with E-state index in [4.69, 9.17) is 9.16 Å². The number of rotatable bonds is 9. The molecule has 1 aliphatic carbocycles. The highest BCUT2D eigenvalue weighted by Gasteiger charge is 2.55. The van der Waals surface area contributed by atoms with Gasteiger partial charge in [0.2, 0.25) is 0 Å². The molecule has 2 N–H and O–H groups in total. The normalized spacial score (nSPS) is 34.0. The van der Waals surface area contributed by atoms with Crippen LogP contribution in [0, 0.1) is 5.92 Å². The van der Waals surface area contributed by atoms with Crippen molar-refractivity contribution in [2.75, 3.05) is 6.61 Å². The zero-order valence-electron chi connectivity index (χ0n) is 13.0. The van der Waals surface area contributed by atoms with Gasteiger partial charge in [0.25, 0.3) is 0 Å². The smallest absolute Gasteiger partial charge is 0.183 e. The molecule has 5 atom stereocenters. The molecule has 2 rings (SSSR count). The first-order valence-electron chi connectivity index (χ1n) is 8.02. The molecule has 1 heterocycles. The molecule has 1 saturated heterocycles. The van der Waals surface area contributed by atoms with E-state index < -0.39 is 8.32 Å². The standard InChI is InChI=1S/C15H30O4Si/c1-20(2,3)18-8-6-4-5-7-11(16)9-12-13(17)10-14-15(12)19-14/h11-17H,4-10H2,1-3H3. The van der Waals surface area contributed by atoms with Crippen LogP contribution in [0.15, 0.2) is 0 Å². The molecule has 0 amide bonds. The van der Waals surface area contributed by atoms with Gasteiger partial charge in [-0.1, -0.05) is 12.8 Å². The minimum Gasteiger partial charge on any atom is -0.418 e. The zero-order chi connectivity index (χ0) is 14.8. The minimum atomic E-state index is -1.37. The molecule has 0 spiro atoms. The lowest BCUT2D eigenvalue weighted by atomic mass is 9.94. The molecule has 0 aromatic carbocycles. The van der Waals surface area contributed by atoms with Crippen molar-refractivity contribution in [1.82, 2.24) is 0 Å². The van der Waals surface area contributed by atoms with Crippen molar-refractivity contribution in [2.24, 2.45) is 5.92 Å². The quantitative estimate of drug-likeness (QED) is 0.390. The van der Waals surface area contributed by atoms with Crippen LogP contribution in [0.5, 0.6) is 0 Å². The van der Waals surface area contributed by atoms with Crippen LogP contribution in [-0.2, 0) is 9.16 Å². The van der Waals surface area contributed by atoms with E-state index in [-0.39, 0.29) is 30.3 Å². The van der Waals surface area contributed by atoms with Gasteiger partial charge in [0.15, 0.2) is 8.32 Å². The van der Waals surface area contributed by atoms with E-state index >= 15 is 0 Å². The molecule has 4 nitrogen and oxygen atoms in total. The lowest BCUT2D eigenvalue weighted by molar-refractivity contribution is 0.0365. The summed E-state index contributed by atoms with van der Waals surface area (Å²) in [5.74, 6) is 0.158. The molecule has 5 unspecified atom stereocenters. The van der Waals surface area contributed by atoms with Crippen LogP contribution in [-0.4, -0.2) is 49.6 Å². The van der Waals surface area contributed by atoms with Crippen LogP contribution in [0.2, 0.25) is 19.6 Å². The summed E-state index contributed by atoms with van der Waals surface area (Å²) in [6.45, 7) is 7.47. The van der Waals surface area contributed by atoms with Crippen molar-refractivity contribution in [3.63, 3.8) is 0 Å². The predicted molar refractivity (Wildman–Crippen MR) is 81.2 cm³/mol. The van der Waals surface area contributed by atoms with Gasteiger partial charge in [0, 0.05) is 18.9 Å². The first-order valence-corrected chi connectivity index (χ1v) is 11.4. The second-order valence-electron chi connectivity index (χ2n) is 7.31. The maximum Gasteiger partial charge on any atom is 0.183 e. The van der Waals surface area contributed by atoms with Crippen LogP contribution in [0.25, 0.3) is 0 Å². The Balaban J connectivity index is 1.49. The van der Waals surface area contributed by atoms with E-state index in [1.54, 1.807) is 0 Å². The van der Waals surface area contributed by atoms with Gasteiger partial charge in [-0.3, -0.25) is 0 Å². The number of unbranched alkanes of at least 4 members (excludes halogenated alkanes) is 2. The molecule has 0 aromatic rings. The summed E-state index contributed by atoms with van der Waals surface area (Å²) < 4.78 is 11.2. The van der Waals surface area contributed by atoms with Gasteiger partial charge in [-0.15, -0.1) is 0 Å². The summed E-state index contributed by atoms with van der Waals surface area (Å²) in [7, 11) is -1.37. The molecular weight excluding hydrogens is 272 g/mol. The fourth-order valence-corrected chi connectivity index (χ4v) is 3.87. The number of aliphatic hydroxyl groups excluding tert-OH is 2. The Labute approximate surface area is 123 Å². The molecule has 20 heavy (non-hydrogen) atoms. The zero-order valence-corrected chi connectivity index (χ0v) is 14.0. The van der Waals surface area contributed by atoms with Gasteiger partial charge in [0.05, 0.1) is 24.4 Å². The summed E-state index contributed by atoms with van der Waals surface area (Å²) in [5.41, 5.74) is 0. The first-order chi connectivity index (χ1) is 9.37. The topological polar surface area (TPSA) is 62.2 Å². The maximum atomic E-state index is 10.1. The van der Waals surface area contributed by atoms with Gasteiger partial charge < -0.3 is 19.4 Å². The van der Waals surface area contributed by atoms with Crippen molar-refractivity contribution in [3.8, 4) is 0 Å². The highest BCUT2D eigenvalue weighted by molar-refractivity contribution is 6.69. The lowest BCUT2D eigenvalue weighted by Crippen LogP contribution is -2.26.